The number of hydrogen-bond donors (Lipinski definition) is 4. The summed E-state index contributed by atoms with van der Waals surface area (Å²) in [4.78, 5) is 17.2. The molecule has 0 unspecified atom stereocenters. The van der Waals surface area contributed by atoms with E-state index in [2.05, 4.69) is 27.5 Å². The molecule has 3 aromatic carbocycles. The molecule has 1 aromatic heterocycles. The van der Waals surface area contributed by atoms with Crippen molar-refractivity contribution in [2.45, 2.75) is 0 Å². The van der Waals surface area contributed by atoms with Crippen molar-refractivity contribution in [2.75, 3.05) is 21.7 Å². The van der Waals surface area contributed by atoms with Gasteiger partial charge in [0.1, 0.15) is 11.6 Å². The number of anilines is 4. The summed E-state index contributed by atoms with van der Waals surface area (Å²) in [5.41, 5.74) is 8.17. The molecule has 0 saturated carbocycles. The molecule has 1 heterocycles. The maximum absolute atomic E-state index is 12.8. The molecule has 0 atom stereocenters. The Kier molecular flexibility index (Phi) is 5.30. The normalized spacial score (nSPS) is 10.4. The van der Waals surface area contributed by atoms with Crippen molar-refractivity contribution in [3.63, 3.8) is 0 Å². The zero-order chi connectivity index (χ0) is 20.9. The zero-order valence-corrected chi connectivity index (χ0v) is 16.2. The molecular formula is C24H21N5O. The van der Waals surface area contributed by atoms with E-state index in [1.54, 1.807) is 24.4 Å². The van der Waals surface area contributed by atoms with Gasteiger partial charge in [-0.2, -0.15) is 0 Å². The van der Waals surface area contributed by atoms with Gasteiger partial charge in [-0.3, -0.25) is 4.79 Å². The average molecular weight is 395 g/mol. The lowest BCUT2D eigenvalue weighted by molar-refractivity contribution is 0.102. The molecular weight excluding hydrogens is 374 g/mol. The van der Waals surface area contributed by atoms with E-state index in [1.807, 2.05) is 60.7 Å². The third-order valence-corrected chi connectivity index (χ3v) is 4.56. The van der Waals surface area contributed by atoms with Gasteiger partial charge in [-0.15, -0.1) is 0 Å². The summed E-state index contributed by atoms with van der Waals surface area (Å²) >= 11 is 0. The summed E-state index contributed by atoms with van der Waals surface area (Å²) < 4.78 is 0. The third-order valence-electron chi connectivity index (χ3n) is 4.56. The van der Waals surface area contributed by atoms with Crippen LogP contribution in [0, 0.1) is 0 Å². The van der Waals surface area contributed by atoms with Crippen molar-refractivity contribution in [3.8, 4) is 0 Å². The van der Waals surface area contributed by atoms with Gasteiger partial charge in [0.15, 0.2) is 0 Å². The second kappa shape index (κ2) is 8.36. The summed E-state index contributed by atoms with van der Waals surface area (Å²) in [6, 6.07) is 24.3. The second-order valence-electron chi connectivity index (χ2n) is 6.74. The number of rotatable bonds is 6. The molecule has 0 fully saturated rings. The Morgan fingerprint density at radius 2 is 1.57 bits per heavy atom. The number of nitrogens with one attached hydrogen (secondary N) is 3. The van der Waals surface area contributed by atoms with E-state index in [0.29, 0.717) is 34.3 Å². The van der Waals surface area contributed by atoms with Gasteiger partial charge < -0.3 is 21.7 Å². The van der Waals surface area contributed by atoms with Crippen LogP contribution in [0.25, 0.3) is 10.8 Å². The first-order chi connectivity index (χ1) is 14.6. The number of carbonyl (C=O) groups excluding carboxylic acids is 1. The summed E-state index contributed by atoms with van der Waals surface area (Å²) in [6.07, 6.45) is 1.79. The van der Waals surface area contributed by atoms with E-state index < -0.39 is 0 Å². The fourth-order valence-electron chi connectivity index (χ4n) is 3.11. The lowest BCUT2D eigenvalue weighted by Crippen LogP contribution is -2.17. The molecule has 6 nitrogen and oxygen atoms in total. The van der Waals surface area contributed by atoms with Crippen LogP contribution in [0.3, 0.4) is 0 Å². The number of fused-ring (bicyclic) bond motifs is 1. The fourth-order valence-corrected chi connectivity index (χ4v) is 3.11. The van der Waals surface area contributed by atoms with Gasteiger partial charge in [0.25, 0.3) is 5.91 Å². The Morgan fingerprint density at radius 3 is 2.37 bits per heavy atom. The third kappa shape index (κ3) is 4.23. The Balaban J connectivity index is 1.53. The number of benzene rings is 3. The SMILES string of the molecule is C=C(Nc1cc2ccccc2cn1)Nc1c(N)cccc1C(=O)Nc1ccccc1. The molecule has 4 rings (SSSR count). The van der Waals surface area contributed by atoms with Gasteiger partial charge >= 0.3 is 0 Å². The molecule has 0 aliphatic heterocycles. The minimum Gasteiger partial charge on any atom is -0.397 e. The van der Waals surface area contributed by atoms with E-state index in [4.69, 9.17) is 5.73 Å². The van der Waals surface area contributed by atoms with Crippen LogP contribution in [-0.2, 0) is 0 Å². The van der Waals surface area contributed by atoms with Crippen molar-refractivity contribution < 1.29 is 4.79 Å². The first-order valence-corrected chi connectivity index (χ1v) is 9.43. The van der Waals surface area contributed by atoms with E-state index in [1.165, 1.54) is 0 Å². The number of amides is 1. The molecule has 1 amide bonds. The highest BCUT2D eigenvalue weighted by Gasteiger charge is 2.15. The van der Waals surface area contributed by atoms with Gasteiger partial charge in [0.2, 0.25) is 0 Å². The maximum Gasteiger partial charge on any atom is 0.257 e. The quantitative estimate of drug-likeness (QED) is 0.342. The number of hydrogen-bond acceptors (Lipinski definition) is 5. The Bertz CT molecular complexity index is 1220. The molecule has 0 aliphatic carbocycles. The molecule has 0 bridgehead atoms. The van der Waals surface area contributed by atoms with Crippen molar-refractivity contribution in [3.05, 3.63) is 103 Å². The lowest BCUT2D eigenvalue weighted by Gasteiger charge is -2.17. The predicted molar refractivity (Wildman–Crippen MR) is 123 cm³/mol. The molecule has 0 spiro atoms. The monoisotopic (exact) mass is 395 g/mol. The Hall–Kier alpha value is -4.32. The van der Waals surface area contributed by atoms with Crippen LogP contribution in [0.15, 0.2) is 97.5 Å². The summed E-state index contributed by atoms with van der Waals surface area (Å²) in [5, 5.41) is 11.2. The minimum atomic E-state index is -0.271. The van der Waals surface area contributed by atoms with Crippen LogP contribution < -0.4 is 21.7 Å². The van der Waals surface area contributed by atoms with E-state index in [-0.39, 0.29) is 5.91 Å². The van der Waals surface area contributed by atoms with E-state index in [0.717, 1.165) is 10.8 Å². The smallest absolute Gasteiger partial charge is 0.257 e. The molecule has 0 aliphatic rings. The van der Waals surface area contributed by atoms with Crippen LogP contribution in [-0.4, -0.2) is 10.9 Å². The highest BCUT2D eigenvalue weighted by Crippen LogP contribution is 2.26. The van der Waals surface area contributed by atoms with Gasteiger partial charge in [-0.05, 0) is 35.7 Å². The van der Waals surface area contributed by atoms with Crippen LogP contribution in [0.4, 0.5) is 22.9 Å². The molecule has 5 N–H and O–H groups in total. The number of aromatic nitrogens is 1. The van der Waals surface area contributed by atoms with E-state index in [9.17, 15) is 4.79 Å². The summed E-state index contributed by atoms with van der Waals surface area (Å²) in [7, 11) is 0. The first-order valence-electron chi connectivity index (χ1n) is 9.43. The topological polar surface area (TPSA) is 92.1 Å². The first kappa shape index (κ1) is 19.0. The highest BCUT2D eigenvalue weighted by atomic mass is 16.1. The van der Waals surface area contributed by atoms with Gasteiger partial charge in [-0.25, -0.2) is 4.98 Å². The van der Waals surface area contributed by atoms with E-state index >= 15 is 0 Å². The number of nitrogen functional groups attached to an aromatic ring is 1. The maximum atomic E-state index is 12.8. The van der Waals surface area contributed by atoms with Crippen molar-refractivity contribution in [1.29, 1.82) is 0 Å². The van der Waals surface area contributed by atoms with Crippen molar-refractivity contribution >= 4 is 39.6 Å². The summed E-state index contributed by atoms with van der Waals surface area (Å²) in [5.74, 6) is 0.813. The second-order valence-corrected chi connectivity index (χ2v) is 6.74. The Morgan fingerprint density at radius 1 is 0.833 bits per heavy atom. The number of pyridine rings is 1. The van der Waals surface area contributed by atoms with Crippen LogP contribution in [0.5, 0.6) is 0 Å². The summed E-state index contributed by atoms with van der Waals surface area (Å²) in [6.45, 7) is 4.00. The predicted octanol–water partition coefficient (Wildman–Crippen LogP) is 5.06. The average Bonchev–Trinajstić information content (AvgIpc) is 2.75. The van der Waals surface area contributed by atoms with Gasteiger partial charge in [0.05, 0.1) is 16.9 Å². The highest BCUT2D eigenvalue weighted by molar-refractivity contribution is 6.09. The molecule has 0 radical (unpaired) electrons. The molecule has 30 heavy (non-hydrogen) atoms. The molecule has 0 saturated heterocycles. The number of para-hydroxylation sites is 2. The lowest BCUT2D eigenvalue weighted by atomic mass is 10.1. The molecule has 148 valence electrons. The van der Waals surface area contributed by atoms with Crippen LogP contribution >= 0.6 is 0 Å². The number of nitrogens with two attached hydrogens (primary N) is 1. The van der Waals surface area contributed by atoms with Crippen molar-refractivity contribution in [2.24, 2.45) is 0 Å². The van der Waals surface area contributed by atoms with Crippen LogP contribution in [0.2, 0.25) is 0 Å². The minimum absolute atomic E-state index is 0.271. The standard InChI is InChI=1S/C24H21N5O/c1-16(27-22-14-17-8-5-6-9-18(17)15-26-22)28-23-20(12-7-13-21(23)25)24(30)29-19-10-3-2-4-11-19/h2-15,28H,1,25H2,(H,26,27)(H,29,30). The zero-order valence-electron chi connectivity index (χ0n) is 16.2. The van der Waals surface area contributed by atoms with Crippen molar-refractivity contribution in [1.82, 2.24) is 4.98 Å². The molecule has 6 heteroatoms. The molecule has 4 aromatic rings. The number of carbonyl (C=O) groups is 1. The number of nitrogens with zero attached hydrogens (tertiary/aromatic N) is 1. The largest absolute Gasteiger partial charge is 0.397 e. The Labute approximate surface area is 174 Å². The van der Waals surface area contributed by atoms with Gasteiger partial charge in [0, 0.05) is 17.3 Å². The van der Waals surface area contributed by atoms with Crippen LogP contribution in [0.1, 0.15) is 10.4 Å². The van der Waals surface area contributed by atoms with Gasteiger partial charge in [-0.1, -0.05) is 55.1 Å². The fraction of sp³-hybridized carbons (Fsp3) is 0.